The Kier molecular flexibility index (Phi) is 2.39. The summed E-state index contributed by atoms with van der Waals surface area (Å²) in [5, 5.41) is 4.54. The number of carbonyl (C=O) groups is 2. The molecular weight excluding hydrogens is 162 g/mol. The molecule has 0 bridgehead atoms. The first-order valence-corrected chi connectivity index (χ1v) is 3.32. The molecule has 1 rings (SSSR count). The maximum atomic E-state index is 11.2. The minimum absolute atomic E-state index is 0.0204. The molecule has 66 valence electrons. The zero-order valence-corrected chi connectivity index (χ0v) is 6.83. The lowest BCUT2D eigenvalue weighted by Crippen LogP contribution is -2.31. The molecule has 0 saturated carbocycles. The molecule has 0 radical (unpaired) electrons. The molecule has 1 aliphatic rings. The van der Waals surface area contributed by atoms with E-state index in [0.717, 1.165) is 5.06 Å². The number of hydrogen-bond acceptors (Lipinski definition) is 4. The van der Waals surface area contributed by atoms with Gasteiger partial charge in [-0.15, -0.1) is 0 Å². The SMILES string of the molecule is CON(C)C(=O)C1=NNC(=O)C1. The van der Waals surface area contributed by atoms with Crippen LogP contribution in [0.1, 0.15) is 6.42 Å². The Labute approximate surface area is 69.1 Å². The van der Waals surface area contributed by atoms with Crippen LogP contribution in [-0.2, 0) is 14.4 Å². The predicted octanol–water partition coefficient (Wildman–Crippen LogP) is -1.12. The van der Waals surface area contributed by atoms with Crippen molar-refractivity contribution in [3.63, 3.8) is 0 Å². The number of nitrogens with zero attached hydrogens (tertiary/aromatic N) is 2. The Morgan fingerprint density at radius 2 is 2.42 bits per heavy atom. The minimum atomic E-state index is -0.407. The van der Waals surface area contributed by atoms with Crippen LogP contribution < -0.4 is 5.43 Å². The molecule has 1 heterocycles. The molecule has 6 nitrogen and oxygen atoms in total. The highest BCUT2D eigenvalue weighted by Gasteiger charge is 2.24. The first kappa shape index (κ1) is 8.66. The van der Waals surface area contributed by atoms with E-state index < -0.39 is 5.91 Å². The van der Waals surface area contributed by atoms with Crippen LogP contribution in [0.2, 0.25) is 0 Å². The van der Waals surface area contributed by atoms with Gasteiger partial charge in [0.05, 0.1) is 13.5 Å². The van der Waals surface area contributed by atoms with Gasteiger partial charge in [0.2, 0.25) is 5.91 Å². The predicted molar refractivity (Wildman–Crippen MR) is 40.0 cm³/mol. The fourth-order valence-electron chi connectivity index (χ4n) is 0.749. The van der Waals surface area contributed by atoms with Crippen LogP contribution in [0.5, 0.6) is 0 Å². The van der Waals surface area contributed by atoms with E-state index in [1.54, 1.807) is 0 Å². The number of carbonyl (C=O) groups excluding carboxylic acids is 2. The van der Waals surface area contributed by atoms with Crippen LogP contribution in [0.15, 0.2) is 5.10 Å². The van der Waals surface area contributed by atoms with Crippen molar-refractivity contribution in [3.05, 3.63) is 0 Å². The second-order valence-electron chi connectivity index (χ2n) is 2.26. The summed E-state index contributed by atoms with van der Waals surface area (Å²) in [6.07, 6.45) is 0.0204. The van der Waals surface area contributed by atoms with E-state index in [9.17, 15) is 9.59 Å². The van der Waals surface area contributed by atoms with Crippen molar-refractivity contribution in [2.24, 2.45) is 5.10 Å². The molecule has 0 spiro atoms. The number of nitrogens with one attached hydrogen (secondary N) is 1. The average Bonchev–Trinajstić information content (AvgIpc) is 2.49. The van der Waals surface area contributed by atoms with Crippen LogP contribution >= 0.6 is 0 Å². The molecule has 0 aromatic carbocycles. The summed E-state index contributed by atoms with van der Waals surface area (Å²) >= 11 is 0. The van der Waals surface area contributed by atoms with Gasteiger partial charge >= 0.3 is 0 Å². The molecule has 0 saturated heterocycles. The molecule has 0 unspecified atom stereocenters. The van der Waals surface area contributed by atoms with Crippen molar-refractivity contribution < 1.29 is 14.4 Å². The zero-order chi connectivity index (χ0) is 9.14. The van der Waals surface area contributed by atoms with Crippen LogP contribution in [0.4, 0.5) is 0 Å². The second kappa shape index (κ2) is 3.31. The van der Waals surface area contributed by atoms with Crippen LogP contribution in [-0.4, -0.2) is 36.7 Å². The van der Waals surface area contributed by atoms with Crippen molar-refractivity contribution >= 4 is 17.5 Å². The first-order chi connectivity index (χ1) is 5.65. The Bertz CT molecular complexity index is 248. The van der Waals surface area contributed by atoms with Crippen molar-refractivity contribution in [2.45, 2.75) is 6.42 Å². The molecule has 1 aliphatic heterocycles. The lowest BCUT2D eigenvalue weighted by Gasteiger charge is -2.11. The van der Waals surface area contributed by atoms with Gasteiger partial charge in [-0.25, -0.2) is 10.5 Å². The molecular formula is C6H9N3O3. The van der Waals surface area contributed by atoms with Crippen molar-refractivity contribution in [1.29, 1.82) is 0 Å². The fourth-order valence-corrected chi connectivity index (χ4v) is 0.749. The van der Waals surface area contributed by atoms with Gasteiger partial charge in [0.25, 0.3) is 5.91 Å². The Hall–Kier alpha value is -1.43. The van der Waals surface area contributed by atoms with Crippen molar-refractivity contribution in [2.75, 3.05) is 14.2 Å². The highest BCUT2D eigenvalue weighted by Crippen LogP contribution is 1.99. The highest BCUT2D eigenvalue weighted by atomic mass is 16.7. The quantitative estimate of drug-likeness (QED) is 0.535. The van der Waals surface area contributed by atoms with E-state index in [1.807, 2.05) is 0 Å². The van der Waals surface area contributed by atoms with Gasteiger partial charge in [-0.2, -0.15) is 5.10 Å². The smallest absolute Gasteiger partial charge is 0.274 e. The first-order valence-electron chi connectivity index (χ1n) is 3.32. The number of amides is 2. The second-order valence-corrected chi connectivity index (χ2v) is 2.26. The van der Waals surface area contributed by atoms with Crippen LogP contribution in [0.25, 0.3) is 0 Å². The summed E-state index contributed by atoms with van der Waals surface area (Å²) < 4.78 is 0. The lowest BCUT2D eigenvalue weighted by atomic mass is 10.2. The van der Waals surface area contributed by atoms with Gasteiger partial charge in [-0.1, -0.05) is 0 Å². The monoisotopic (exact) mass is 171 g/mol. The number of hydroxylamine groups is 2. The fraction of sp³-hybridized carbons (Fsp3) is 0.500. The maximum Gasteiger partial charge on any atom is 0.293 e. The Morgan fingerprint density at radius 3 is 2.83 bits per heavy atom. The van der Waals surface area contributed by atoms with E-state index in [4.69, 9.17) is 0 Å². The summed E-state index contributed by atoms with van der Waals surface area (Å²) in [5.74, 6) is -0.682. The molecule has 0 aromatic rings. The summed E-state index contributed by atoms with van der Waals surface area (Å²) in [6.45, 7) is 0. The lowest BCUT2D eigenvalue weighted by molar-refractivity contribution is -0.160. The summed E-state index contributed by atoms with van der Waals surface area (Å²) in [6, 6.07) is 0. The van der Waals surface area contributed by atoms with Gasteiger partial charge in [0.1, 0.15) is 5.71 Å². The van der Waals surface area contributed by atoms with Gasteiger partial charge < -0.3 is 0 Å². The number of hydrazone groups is 1. The van der Waals surface area contributed by atoms with Gasteiger partial charge in [-0.05, 0) is 0 Å². The summed E-state index contributed by atoms with van der Waals surface area (Å²) in [5.41, 5.74) is 2.35. The standard InChI is InChI=1S/C6H9N3O3/c1-9(12-2)6(11)4-3-5(10)8-7-4/h3H2,1-2H3,(H,8,10). The van der Waals surface area contributed by atoms with Crippen LogP contribution in [0, 0.1) is 0 Å². The third-order valence-corrected chi connectivity index (χ3v) is 1.45. The largest absolute Gasteiger partial charge is 0.293 e. The molecule has 6 heteroatoms. The van der Waals surface area contributed by atoms with E-state index >= 15 is 0 Å². The van der Waals surface area contributed by atoms with Gasteiger partial charge in [0, 0.05) is 7.05 Å². The third-order valence-electron chi connectivity index (χ3n) is 1.45. The number of rotatable bonds is 2. The van der Waals surface area contributed by atoms with Crippen LogP contribution in [0.3, 0.4) is 0 Å². The summed E-state index contributed by atoms with van der Waals surface area (Å²) in [4.78, 5) is 26.5. The molecule has 1 N–H and O–H groups in total. The molecule has 0 aromatic heterocycles. The zero-order valence-electron chi connectivity index (χ0n) is 6.83. The van der Waals surface area contributed by atoms with E-state index in [0.29, 0.717) is 0 Å². The topological polar surface area (TPSA) is 71.0 Å². The Morgan fingerprint density at radius 1 is 1.75 bits per heavy atom. The van der Waals surface area contributed by atoms with E-state index in [1.165, 1.54) is 14.2 Å². The minimum Gasteiger partial charge on any atom is -0.274 e. The molecule has 2 amide bonds. The number of hydrogen-bond donors (Lipinski definition) is 1. The highest BCUT2D eigenvalue weighted by molar-refractivity contribution is 6.42. The molecule has 0 fully saturated rings. The summed E-state index contributed by atoms with van der Waals surface area (Å²) in [7, 11) is 2.82. The average molecular weight is 171 g/mol. The van der Waals surface area contributed by atoms with E-state index in [-0.39, 0.29) is 18.0 Å². The Balaban J connectivity index is 2.60. The maximum absolute atomic E-state index is 11.2. The van der Waals surface area contributed by atoms with Crippen molar-refractivity contribution in [3.8, 4) is 0 Å². The normalized spacial score (nSPS) is 15.5. The van der Waals surface area contributed by atoms with E-state index in [2.05, 4.69) is 15.4 Å². The molecule has 0 aliphatic carbocycles. The van der Waals surface area contributed by atoms with Gasteiger partial charge in [0.15, 0.2) is 0 Å². The van der Waals surface area contributed by atoms with Gasteiger partial charge in [-0.3, -0.25) is 14.4 Å². The molecule has 0 atom stereocenters. The third kappa shape index (κ3) is 1.59. The molecule has 12 heavy (non-hydrogen) atoms. The van der Waals surface area contributed by atoms with Crippen molar-refractivity contribution in [1.82, 2.24) is 10.5 Å².